The molecule has 37 heavy (non-hydrogen) atoms. The summed E-state index contributed by atoms with van der Waals surface area (Å²) in [4.78, 5) is 17.9. The fourth-order valence-corrected chi connectivity index (χ4v) is 5.32. The molecule has 9 nitrogen and oxygen atoms in total. The smallest absolute Gasteiger partial charge is 0.219 e. The van der Waals surface area contributed by atoms with Crippen LogP contribution in [0.3, 0.4) is 0 Å². The lowest BCUT2D eigenvalue weighted by molar-refractivity contribution is -0.129. The number of carbonyl (C=O) groups is 1. The second kappa shape index (κ2) is 8.88. The SMILES string of the molecule is CC(=O)N1CCC(c2cc(-c3ccc4c(N)n(Cc5ccccc5F)nc4c3)c3c(N)ncnn23)CC1. The summed E-state index contributed by atoms with van der Waals surface area (Å²) >= 11 is 0. The van der Waals surface area contributed by atoms with Crippen LogP contribution < -0.4 is 11.5 Å². The highest BCUT2D eigenvalue weighted by Gasteiger charge is 2.27. The molecule has 6 rings (SSSR count). The summed E-state index contributed by atoms with van der Waals surface area (Å²) in [7, 11) is 0. The van der Waals surface area contributed by atoms with Crippen LogP contribution in [0.1, 0.15) is 36.9 Å². The molecule has 0 aliphatic carbocycles. The zero-order valence-corrected chi connectivity index (χ0v) is 20.4. The summed E-state index contributed by atoms with van der Waals surface area (Å²) in [6, 6.07) is 14.6. The van der Waals surface area contributed by atoms with E-state index in [4.69, 9.17) is 11.5 Å². The van der Waals surface area contributed by atoms with Crippen LogP contribution >= 0.6 is 0 Å². The monoisotopic (exact) mass is 498 g/mol. The van der Waals surface area contributed by atoms with Crippen molar-refractivity contribution in [3.63, 3.8) is 0 Å². The van der Waals surface area contributed by atoms with E-state index in [0.29, 0.717) is 35.8 Å². The Bertz CT molecular complexity index is 1650. The Morgan fingerprint density at radius 3 is 2.65 bits per heavy atom. The van der Waals surface area contributed by atoms with Crippen LogP contribution in [0.5, 0.6) is 0 Å². The molecule has 5 aromatic rings. The molecule has 0 spiro atoms. The van der Waals surface area contributed by atoms with E-state index in [2.05, 4.69) is 21.2 Å². The molecule has 0 bridgehead atoms. The van der Waals surface area contributed by atoms with Gasteiger partial charge in [-0.2, -0.15) is 10.2 Å². The van der Waals surface area contributed by atoms with Crippen LogP contribution in [0, 0.1) is 5.82 Å². The molecule has 10 heteroatoms. The number of piperidine rings is 1. The van der Waals surface area contributed by atoms with Gasteiger partial charge in [0.1, 0.15) is 23.5 Å². The van der Waals surface area contributed by atoms with Gasteiger partial charge in [0.2, 0.25) is 5.91 Å². The van der Waals surface area contributed by atoms with Crippen LogP contribution in [0.2, 0.25) is 0 Å². The van der Waals surface area contributed by atoms with Crippen molar-refractivity contribution in [2.24, 2.45) is 0 Å². The number of rotatable bonds is 4. The normalized spacial score (nSPS) is 14.6. The van der Waals surface area contributed by atoms with Crippen molar-refractivity contribution in [2.75, 3.05) is 24.6 Å². The molecule has 1 amide bonds. The average molecular weight is 499 g/mol. The van der Waals surface area contributed by atoms with E-state index in [1.54, 1.807) is 29.8 Å². The quantitative estimate of drug-likeness (QED) is 0.389. The van der Waals surface area contributed by atoms with Crippen LogP contribution in [0.25, 0.3) is 27.5 Å². The van der Waals surface area contributed by atoms with Gasteiger partial charge in [0.15, 0.2) is 5.82 Å². The Balaban J connectivity index is 1.40. The van der Waals surface area contributed by atoms with Crippen molar-refractivity contribution in [3.8, 4) is 11.1 Å². The first-order chi connectivity index (χ1) is 17.9. The fraction of sp³-hybridized carbons (Fsp3) is 0.259. The number of nitrogens with zero attached hydrogens (tertiary/aromatic N) is 6. The van der Waals surface area contributed by atoms with Gasteiger partial charge in [-0.25, -0.2) is 18.6 Å². The van der Waals surface area contributed by atoms with Crippen LogP contribution in [-0.4, -0.2) is 48.3 Å². The molecule has 0 radical (unpaired) electrons. The molecular weight excluding hydrogens is 471 g/mol. The molecule has 188 valence electrons. The summed E-state index contributed by atoms with van der Waals surface area (Å²) in [5.74, 6) is 0.923. The lowest BCUT2D eigenvalue weighted by Crippen LogP contribution is -2.36. The van der Waals surface area contributed by atoms with Crippen LogP contribution in [0.15, 0.2) is 54.9 Å². The van der Waals surface area contributed by atoms with Gasteiger partial charge in [-0.1, -0.05) is 24.3 Å². The maximum absolute atomic E-state index is 14.2. The van der Waals surface area contributed by atoms with E-state index in [9.17, 15) is 9.18 Å². The third-order valence-electron chi connectivity index (χ3n) is 7.34. The number of aromatic nitrogens is 5. The zero-order chi connectivity index (χ0) is 25.7. The van der Waals surface area contributed by atoms with Crippen molar-refractivity contribution < 1.29 is 9.18 Å². The number of hydrogen-bond acceptors (Lipinski definition) is 6. The number of fused-ring (bicyclic) bond motifs is 2. The van der Waals surface area contributed by atoms with E-state index < -0.39 is 0 Å². The number of nitrogen functional groups attached to an aromatic ring is 2. The molecule has 3 aromatic heterocycles. The molecule has 1 aliphatic heterocycles. The summed E-state index contributed by atoms with van der Waals surface area (Å²) < 4.78 is 17.7. The molecule has 4 heterocycles. The van der Waals surface area contributed by atoms with Gasteiger partial charge in [0.05, 0.1) is 12.1 Å². The van der Waals surface area contributed by atoms with Gasteiger partial charge >= 0.3 is 0 Å². The number of benzene rings is 2. The van der Waals surface area contributed by atoms with E-state index in [0.717, 1.165) is 40.6 Å². The summed E-state index contributed by atoms with van der Waals surface area (Å²) in [6.45, 7) is 3.28. The highest BCUT2D eigenvalue weighted by molar-refractivity contribution is 5.96. The van der Waals surface area contributed by atoms with Gasteiger partial charge in [0, 0.05) is 48.1 Å². The minimum absolute atomic E-state index is 0.104. The Morgan fingerprint density at radius 1 is 1.11 bits per heavy atom. The molecule has 0 atom stereocenters. The molecule has 1 aliphatic rings. The fourth-order valence-electron chi connectivity index (χ4n) is 5.32. The number of likely N-dealkylation sites (tertiary alicyclic amines) is 1. The van der Waals surface area contributed by atoms with Gasteiger partial charge in [-0.15, -0.1) is 0 Å². The number of amides is 1. The van der Waals surface area contributed by atoms with Crippen molar-refractivity contribution in [2.45, 2.75) is 32.2 Å². The van der Waals surface area contributed by atoms with Gasteiger partial charge < -0.3 is 16.4 Å². The molecule has 0 saturated carbocycles. The predicted molar refractivity (Wildman–Crippen MR) is 140 cm³/mol. The first-order valence-corrected chi connectivity index (χ1v) is 12.3. The van der Waals surface area contributed by atoms with Crippen LogP contribution in [-0.2, 0) is 11.3 Å². The maximum Gasteiger partial charge on any atom is 0.219 e. The van der Waals surface area contributed by atoms with E-state index in [1.807, 2.05) is 27.6 Å². The zero-order valence-electron chi connectivity index (χ0n) is 20.4. The third-order valence-corrected chi connectivity index (χ3v) is 7.34. The summed E-state index contributed by atoms with van der Waals surface area (Å²) in [5.41, 5.74) is 17.6. The summed E-state index contributed by atoms with van der Waals surface area (Å²) in [5, 5.41) is 10.00. The standard InChI is InChI=1S/C27H27FN8O/c1-16(37)34-10-8-17(9-11-34)24-13-21(25-26(29)31-15-32-36(24)25)18-6-7-20-23(12-18)33-35(27(20)30)14-19-4-2-3-5-22(19)28/h2-7,12-13,15,17H,8-11,14,30H2,1H3,(H2,29,31,32). The van der Waals surface area contributed by atoms with E-state index >= 15 is 0 Å². The van der Waals surface area contributed by atoms with Crippen LogP contribution in [0.4, 0.5) is 16.0 Å². The molecule has 1 fully saturated rings. The van der Waals surface area contributed by atoms with Crippen molar-refractivity contribution in [1.82, 2.24) is 29.3 Å². The first kappa shape index (κ1) is 23.0. The van der Waals surface area contributed by atoms with Gasteiger partial charge in [0.25, 0.3) is 0 Å². The van der Waals surface area contributed by atoms with E-state index in [-0.39, 0.29) is 24.2 Å². The Hall–Kier alpha value is -4.47. The molecular formula is C27H27FN8O. The largest absolute Gasteiger partial charge is 0.383 e. The van der Waals surface area contributed by atoms with Gasteiger partial charge in [-0.3, -0.25) is 4.79 Å². The lowest BCUT2D eigenvalue weighted by atomic mass is 9.93. The Kier molecular flexibility index (Phi) is 5.51. The molecule has 0 unspecified atom stereocenters. The Labute approximate surface area is 212 Å². The third kappa shape index (κ3) is 3.94. The highest BCUT2D eigenvalue weighted by Crippen LogP contribution is 2.38. The van der Waals surface area contributed by atoms with Crippen molar-refractivity contribution in [3.05, 3.63) is 71.9 Å². The average Bonchev–Trinajstić information content (AvgIpc) is 3.44. The second-order valence-corrected chi connectivity index (χ2v) is 9.54. The van der Waals surface area contributed by atoms with E-state index in [1.165, 1.54) is 12.4 Å². The predicted octanol–water partition coefficient (Wildman–Crippen LogP) is 3.82. The van der Waals surface area contributed by atoms with Gasteiger partial charge in [-0.05, 0) is 42.7 Å². The number of nitrogens with two attached hydrogens (primary N) is 2. The Morgan fingerprint density at radius 2 is 1.89 bits per heavy atom. The maximum atomic E-state index is 14.2. The number of halogens is 1. The molecule has 2 aromatic carbocycles. The number of carbonyl (C=O) groups excluding carboxylic acids is 1. The highest BCUT2D eigenvalue weighted by atomic mass is 19.1. The first-order valence-electron chi connectivity index (χ1n) is 12.3. The topological polar surface area (TPSA) is 120 Å². The minimum atomic E-state index is -0.292. The van der Waals surface area contributed by atoms with Crippen molar-refractivity contribution >= 4 is 34.0 Å². The minimum Gasteiger partial charge on any atom is -0.383 e. The second-order valence-electron chi connectivity index (χ2n) is 9.54. The molecule has 1 saturated heterocycles. The lowest BCUT2D eigenvalue weighted by Gasteiger charge is -2.31. The number of hydrogen-bond donors (Lipinski definition) is 2. The number of anilines is 2. The molecule has 4 N–H and O–H groups in total. The van der Waals surface area contributed by atoms with Crippen molar-refractivity contribution in [1.29, 1.82) is 0 Å². The summed E-state index contributed by atoms with van der Waals surface area (Å²) in [6.07, 6.45) is 3.17.